The highest BCUT2D eigenvalue weighted by Crippen LogP contribution is 2.24. The van der Waals surface area contributed by atoms with Gasteiger partial charge in [0.15, 0.2) is 0 Å². The molecule has 2 aromatic rings. The largest absolute Gasteiger partial charge is 0.334 e. The summed E-state index contributed by atoms with van der Waals surface area (Å²) in [4.78, 5) is 18.3. The molecule has 0 radical (unpaired) electrons. The number of aromatic nitrogens is 1. The van der Waals surface area contributed by atoms with Crippen molar-refractivity contribution < 1.29 is 9.18 Å². The zero-order chi connectivity index (χ0) is 13.1. The van der Waals surface area contributed by atoms with E-state index in [0.717, 1.165) is 10.9 Å². The van der Waals surface area contributed by atoms with E-state index >= 15 is 0 Å². The molecule has 0 aliphatic rings. The molecule has 0 saturated heterocycles. The van der Waals surface area contributed by atoms with Gasteiger partial charge in [-0.1, -0.05) is 6.07 Å². The third-order valence-electron chi connectivity index (χ3n) is 2.83. The summed E-state index contributed by atoms with van der Waals surface area (Å²) in [6.07, 6.45) is 1.30. The first kappa shape index (κ1) is 12.7. The summed E-state index contributed by atoms with van der Waals surface area (Å²) in [6, 6.07) is 6.56. The fourth-order valence-corrected chi connectivity index (χ4v) is 2.46. The maximum absolute atomic E-state index is 13.0. The van der Waals surface area contributed by atoms with Gasteiger partial charge in [-0.15, -0.1) is 11.3 Å². The normalized spacial score (nSPS) is 12.2. The van der Waals surface area contributed by atoms with E-state index in [0.29, 0.717) is 5.56 Å². The Kier molecular flexibility index (Phi) is 3.72. The summed E-state index contributed by atoms with van der Waals surface area (Å²) in [5, 5.41) is 1.97. The molecule has 0 saturated carbocycles. The van der Waals surface area contributed by atoms with Crippen LogP contribution in [0.1, 0.15) is 28.2 Å². The maximum atomic E-state index is 13.0. The molecule has 18 heavy (non-hydrogen) atoms. The van der Waals surface area contributed by atoms with E-state index in [1.54, 1.807) is 23.3 Å². The average Bonchev–Trinajstić information content (AvgIpc) is 2.90. The fourth-order valence-electron chi connectivity index (χ4n) is 1.63. The van der Waals surface area contributed by atoms with Crippen LogP contribution in [0.5, 0.6) is 0 Å². The number of hydrogen-bond acceptors (Lipinski definition) is 3. The molecule has 0 aliphatic heterocycles. The van der Waals surface area contributed by atoms with Crippen molar-refractivity contribution in [3.8, 4) is 0 Å². The number of halogens is 1. The van der Waals surface area contributed by atoms with Gasteiger partial charge in [0, 0.05) is 29.8 Å². The van der Waals surface area contributed by atoms with Crippen molar-refractivity contribution in [2.45, 2.75) is 13.0 Å². The molecule has 1 amide bonds. The molecule has 1 atom stereocenters. The van der Waals surface area contributed by atoms with Gasteiger partial charge in [0.1, 0.15) is 0 Å². The lowest BCUT2D eigenvalue weighted by Gasteiger charge is -2.24. The number of carbonyl (C=O) groups excluding carboxylic acids is 1. The van der Waals surface area contributed by atoms with Gasteiger partial charge >= 0.3 is 0 Å². The molecular weight excluding hydrogens is 251 g/mol. The van der Waals surface area contributed by atoms with Crippen molar-refractivity contribution >= 4 is 17.2 Å². The minimum absolute atomic E-state index is 0.0336. The fraction of sp³-hybridized carbons (Fsp3) is 0.231. The highest BCUT2D eigenvalue weighted by molar-refractivity contribution is 7.10. The zero-order valence-corrected chi connectivity index (χ0v) is 10.9. The standard InChI is InChI=1S/C13H13FN2OS/c1-9(11-4-3-7-18-11)16(2)13(17)10-5-6-15-12(14)8-10/h3-9H,1-2H3. The smallest absolute Gasteiger partial charge is 0.254 e. The summed E-state index contributed by atoms with van der Waals surface area (Å²) in [5.74, 6) is -0.852. The molecule has 2 aromatic heterocycles. The van der Waals surface area contributed by atoms with Crippen LogP contribution in [0.25, 0.3) is 0 Å². The molecular formula is C13H13FN2OS. The van der Waals surface area contributed by atoms with Crippen molar-refractivity contribution in [3.05, 3.63) is 52.2 Å². The third-order valence-corrected chi connectivity index (χ3v) is 3.87. The van der Waals surface area contributed by atoms with E-state index in [1.165, 1.54) is 12.3 Å². The van der Waals surface area contributed by atoms with Gasteiger partial charge in [-0.3, -0.25) is 4.79 Å². The predicted molar refractivity (Wildman–Crippen MR) is 69.0 cm³/mol. The van der Waals surface area contributed by atoms with Crippen LogP contribution in [0.4, 0.5) is 4.39 Å². The molecule has 0 aromatic carbocycles. The van der Waals surface area contributed by atoms with Crippen LogP contribution < -0.4 is 0 Å². The highest BCUT2D eigenvalue weighted by Gasteiger charge is 2.19. The third kappa shape index (κ3) is 2.56. The SMILES string of the molecule is CC(c1cccs1)N(C)C(=O)c1ccnc(F)c1. The minimum atomic E-state index is -0.641. The first-order chi connectivity index (χ1) is 8.59. The Hall–Kier alpha value is -1.75. The summed E-state index contributed by atoms with van der Waals surface area (Å²) in [5.41, 5.74) is 0.313. The number of amides is 1. The monoisotopic (exact) mass is 264 g/mol. The number of nitrogens with zero attached hydrogens (tertiary/aromatic N) is 2. The van der Waals surface area contributed by atoms with Gasteiger partial charge in [0.05, 0.1) is 6.04 Å². The molecule has 0 fully saturated rings. The van der Waals surface area contributed by atoms with Gasteiger partial charge in [-0.25, -0.2) is 4.98 Å². The average molecular weight is 264 g/mol. The predicted octanol–water partition coefficient (Wildman–Crippen LogP) is 3.12. The molecule has 0 bridgehead atoms. The molecule has 3 nitrogen and oxygen atoms in total. The van der Waals surface area contributed by atoms with E-state index in [1.807, 2.05) is 24.4 Å². The van der Waals surface area contributed by atoms with Crippen molar-refractivity contribution in [2.24, 2.45) is 0 Å². The van der Waals surface area contributed by atoms with E-state index < -0.39 is 5.95 Å². The molecule has 1 unspecified atom stereocenters. The van der Waals surface area contributed by atoms with E-state index in [2.05, 4.69) is 4.98 Å². The molecule has 2 heterocycles. The second-order valence-corrected chi connectivity index (χ2v) is 4.95. The molecule has 0 spiro atoms. The molecule has 94 valence electrons. The van der Waals surface area contributed by atoms with Gasteiger partial charge < -0.3 is 4.90 Å². The van der Waals surface area contributed by atoms with Crippen molar-refractivity contribution in [2.75, 3.05) is 7.05 Å². The van der Waals surface area contributed by atoms with Gasteiger partial charge in [-0.05, 0) is 24.4 Å². The first-order valence-corrected chi connectivity index (χ1v) is 6.39. The van der Waals surface area contributed by atoms with Gasteiger partial charge in [0.25, 0.3) is 5.91 Å². The Bertz CT molecular complexity index is 542. The topological polar surface area (TPSA) is 33.2 Å². The lowest BCUT2D eigenvalue weighted by Crippen LogP contribution is -2.29. The molecule has 0 N–H and O–H groups in total. The lowest BCUT2D eigenvalue weighted by atomic mass is 10.2. The van der Waals surface area contributed by atoms with E-state index in [4.69, 9.17) is 0 Å². The summed E-state index contributed by atoms with van der Waals surface area (Å²) in [6.45, 7) is 1.95. The Balaban J connectivity index is 2.19. The maximum Gasteiger partial charge on any atom is 0.254 e. The second-order valence-electron chi connectivity index (χ2n) is 3.97. The lowest BCUT2D eigenvalue weighted by molar-refractivity contribution is 0.0744. The van der Waals surface area contributed by atoms with Crippen LogP contribution in [-0.2, 0) is 0 Å². The molecule has 0 aliphatic carbocycles. The quantitative estimate of drug-likeness (QED) is 0.798. The van der Waals surface area contributed by atoms with E-state index in [9.17, 15) is 9.18 Å². The summed E-state index contributed by atoms with van der Waals surface area (Å²) < 4.78 is 13.0. The van der Waals surface area contributed by atoms with Crippen molar-refractivity contribution in [3.63, 3.8) is 0 Å². The number of hydrogen-bond donors (Lipinski definition) is 0. The van der Waals surface area contributed by atoms with Crippen LogP contribution in [0.2, 0.25) is 0 Å². The van der Waals surface area contributed by atoms with Gasteiger partial charge in [0.2, 0.25) is 5.95 Å². The number of pyridine rings is 1. The Labute approximate surface area is 109 Å². The van der Waals surface area contributed by atoms with Crippen LogP contribution in [0.15, 0.2) is 35.8 Å². The van der Waals surface area contributed by atoms with Gasteiger partial charge in [-0.2, -0.15) is 4.39 Å². The molecule has 5 heteroatoms. The van der Waals surface area contributed by atoms with Crippen molar-refractivity contribution in [1.82, 2.24) is 9.88 Å². The van der Waals surface area contributed by atoms with E-state index in [-0.39, 0.29) is 11.9 Å². The number of carbonyl (C=O) groups is 1. The number of thiophene rings is 1. The first-order valence-electron chi connectivity index (χ1n) is 5.51. The zero-order valence-electron chi connectivity index (χ0n) is 10.1. The van der Waals surface area contributed by atoms with Crippen LogP contribution in [0.3, 0.4) is 0 Å². The molecule has 2 rings (SSSR count). The highest BCUT2D eigenvalue weighted by atomic mass is 32.1. The summed E-state index contributed by atoms with van der Waals surface area (Å²) in [7, 11) is 1.71. The Morgan fingerprint density at radius 3 is 2.89 bits per heavy atom. The second kappa shape index (κ2) is 5.27. The Morgan fingerprint density at radius 1 is 1.50 bits per heavy atom. The van der Waals surface area contributed by atoms with Crippen molar-refractivity contribution in [1.29, 1.82) is 0 Å². The van der Waals surface area contributed by atoms with Crippen LogP contribution >= 0.6 is 11.3 Å². The minimum Gasteiger partial charge on any atom is -0.334 e. The van der Waals surface area contributed by atoms with Crippen LogP contribution in [-0.4, -0.2) is 22.8 Å². The number of rotatable bonds is 3. The van der Waals surface area contributed by atoms with Crippen LogP contribution in [0, 0.1) is 5.95 Å². The Morgan fingerprint density at radius 2 is 2.28 bits per heavy atom. The summed E-state index contributed by atoms with van der Waals surface area (Å²) >= 11 is 1.59.